The van der Waals surface area contributed by atoms with Gasteiger partial charge in [-0.3, -0.25) is 8.98 Å². The molecular formula is C28H40N2O9S. The van der Waals surface area contributed by atoms with Crippen LogP contribution in [0.25, 0.3) is 0 Å². The minimum Gasteiger partial charge on any atom is -0.445 e. The summed E-state index contributed by atoms with van der Waals surface area (Å²) in [5.74, 6) is -0.454. The predicted octanol–water partition coefficient (Wildman–Crippen LogP) is 2.82. The third-order valence-electron chi connectivity index (χ3n) is 5.50. The van der Waals surface area contributed by atoms with Gasteiger partial charge in [-0.15, -0.1) is 0 Å². The Morgan fingerprint density at radius 1 is 0.800 bits per heavy atom. The lowest BCUT2D eigenvalue weighted by molar-refractivity contribution is -0.124. The predicted molar refractivity (Wildman–Crippen MR) is 148 cm³/mol. The smallest absolute Gasteiger partial charge is 0.408 e. The molecule has 0 bridgehead atoms. The van der Waals surface area contributed by atoms with Crippen LogP contribution in [0, 0.1) is 12.8 Å². The van der Waals surface area contributed by atoms with Crippen molar-refractivity contribution in [3.8, 4) is 0 Å². The molecule has 0 saturated carbocycles. The highest BCUT2D eigenvalue weighted by Crippen LogP contribution is 2.13. The van der Waals surface area contributed by atoms with Gasteiger partial charge in [-0.05, 0) is 30.5 Å². The Morgan fingerprint density at radius 3 is 1.98 bits per heavy atom. The first-order valence-corrected chi connectivity index (χ1v) is 14.5. The standard InChI is InChI=1S/C28H40N2O9S/c1-22(2)26(30-28(32)38-21-24-7-5-4-6-8-24)27(31)29-13-14-35-15-16-36-17-18-37-19-20-39-40(33,34)25-11-9-23(3)10-12-25/h4-12,22,26H,13-21H2,1-3H3,(H,29,31)(H,30,32)/t26-/m0/s1. The zero-order valence-corrected chi connectivity index (χ0v) is 24.1. The largest absolute Gasteiger partial charge is 0.445 e. The van der Waals surface area contributed by atoms with E-state index < -0.39 is 22.3 Å². The van der Waals surface area contributed by atoms with Gasteiger partial charge >= 0.3 is 6.09 Å². The zero-order valence-electron chi connectivity index (χ0n) is 23.3. The van der Waals surface area contributed by atoms with Crippen LogP contribution in [0.1, 0.15) is 25.0 Å². The van der Waals surface area contributed by atoms with Crippen molar-refractivity contribution < 1.29 is 41.1 Å². The molecule has 2 rings (SSSR count). The first kappa shape index (κ1) is 33.2. The third kappa shape index (κ3) is 13.4. The minimum absolute atomic E-state index is 0.0902. The van der Waals surface area contributed by atoms with E-state index in [0.717, 1.165) is 11.1 Å². The van der Waals surface area contributed by atoms with Crippen molar-refractivity contribution in [2.45, 2.75) is 38.3 Å². The molecule has 0 aliphatic carbocycles. The van der Waals surface area contributed by atoms with Crippen LogP contribution in [0.4, 0.5) is 4.79 Å². The zero-order chi connectivity index (χ0) is 29.2. The summed E-state index contributed by atoms with van der Waals surface area (Å²) < 4.78 is 50.5. The van der Waals surface area contributed by atoms with Crippen molar-refractivity contribution >= 4 is 22.1 Å². The molecule has 11 nitrogen and oxygen atoms in total. The first-order valence-electron chi connectivity index (χ1n) is 13.1. The van der Waals surface area contributed by atoms with Crippen molar-refractivity contribution in [1.82, 2.24) is 10.6 Å². The Bertz CT molecular complexity index is 1110. The molecule has 0 aromatic heterocycles. The van der Waals surface area contributed by atoms with E-state index in [4.69, 9.17) is 23.1 Å². The molecule has 1 atom stereocenters. The quantitative estimate of drug-likeness (QED) is 0.190. The van der Waals surface area contributed by atoms with Gasteiger partial charge in [-0.1, -0.05) is 61.9 Å². The molecule has 2 N–H and O–H groups in total. The second-order valence-corrected chi connectivity index (χ2v) is 10.8. The molecule has 0 fully saturated rings. The molecule has 0 heterocycles. The maximum atomic E-state index is 12.5. The van der Waals surface area contributed by atoms with E-state index in [0.29, 0.717) is 19.8 Å². The van der Waals surface area contributed by atoms with Crippen LogP contribution < -0.4 is 10.6 Å². The van der Waals surface area contributed by atoms with Crippen molar-refractivity contribution in [3.63, 3.8) is 0 Å². The number of carbonyl (C=O) groups excluding carboxylic acids is 2. The molecular weight excluding hydrogens is 540 g/mol. The van der Waals surface area contributed by atoms with Crippen molar-refractivity contribution in [2.24, 2.45) is 5.92 Å². The van der Waals surface area contributed by atoms with Gasteiger partial charge in [0.25, 0.3) is 10.1 Å². The fraction of sp³-hybridized carbons (Fsp3) is 0.500. The van der Waals surface area contributed by atoms with Crippen LogP contribution >= 0.6 is 0 Å². The molecule has 0 spiro atoms. The SMILES string of the molecule is Cc1ccc(S(=O)(=O)OCCOCCOCCOCCNC(=O)[C@@H](NC(=O)OCc2ccccc2)C(C)C)cc1. The van der Waals surface area contributed by atoms with Crippen molar-refractivity contribution in [3.05, 3.63) is 65.7 Å². The summed E-state index contributed by atoms with van der Waals surface area (Å²) in [5, 5.41) is 5.36. The summed E-state index contributed by atoms with van der Waals surface area (Å²) in [4.78, 5) is 24.7. The van der Waals surface area contributed by atoms with Crippen LogP contribution in [-0.4, -0.2) is 79.3 Å². The first-order chi connectivity index (χ1) is 19.2. The minimum atomic E-state index is -3.80. The Morgan fingerprint density at radius 2 is 1.38 bits per heavy atom. The van der Waals surface area contributed by atoms with E-state index in [1.807, 2.05) is 51.1 Å². The lowest BCUT2D eigenvalue weighted by atomic mass is 10.0. The highest BCUT2D eigenvalue weighted by atomic mass is 32.2. The Labute approximate surface area is 236 Å². The number of hydrogen-bond acceptors (Lipinski definition) is 9. The number of carbonyl (C=O) groups is 2. The van der Waals surface area contributed by atoms with Crippen LogP contribution in [0.2, 0.25) is 0 Å². The average molecular weight is 581 g/mol. The summed E-state index contributed by atoms with van der Waals surface area (Å²) in [6, 6.07) is 15.0. The van der Waals surface area contributed by atoms with Gasteiger partial charge in [-0.25, -0.2) is 4.79 Å². The number of rotatable bonds is 19. The second kappa shape index (κ2) is 18.3. The summed E-state index contributed by atoms with van der Waals surface area (Å²) in [6.07, 6.45) is -0.658. The Kier molecular flexibility index (Phi) is 15.2. The van der Waals surface area contributed by atoms with Gasteiger partial charge in [0, 0.05) is 6.54 Å². The molecule has 40 heavy (non-hydrogen) atoms. The molecule has 0 radical (unpaired) electrons. The summed E-state index contributed by atoms with van der Waals surface area (Å²) in [5.41, 5.74) is 1.82. The van der Waals surface area contributed by atoms with Crippen molar-refractivity contribution in [2.75, 3.05) is 52.8 Å². The van der Waals surface area contributed by atoms with E-state index in [1.54, 1.807) is 12.1 Å². The monoisotopic (exact) mass is 580 g/mol. The maximum absolute atomic E-state index is 12.5. The molecule has 12 heteroatoms. The molecule has 0 unspecified atom stereocenters. The van der Waals surface area contributed by atoms with Gasteiger partial charge in [0.05, 0.1) is 51.1 Å². The summed E-state index contributed by atoms with van der Waals surface area (Å²) in [6.45, 7) is 7.48. The van der Waals surface area contributed by atoms with E-state index in [-0.39, 0.29) is 56.3 Å². The average Bonchev–Trinajstić information content (AvgIpc) is 2.93. The number of benzene rings is 2. The van der Waals surface area contributed by atoms with E-state index in [9.17, 15) is 18.0 Å². The molecule has 222 valence electrons. The molecule has 2 aromatic carbocycles. The molecule has 0 saturated heterocycles. The number of aryl methyl sites for hydroxylation is 1. The van der Waals surface area contributed by atoms with Crippen LogP contribution in [0.15, 0.2) is 59.5 Å². The van der Waals surface area contributed by atoms with Gasteiger partial charge in [0.15, 0.2) is 0 Å². The van der Waals surface area contributed by atoms with Crippen molar-refractivity contribution in [1.29, 1.82) is 0 Å². The molecule has 2 aromatic rings. The summed E-state index contributed by atoms with van der Waals surface area (Å²) in [7, 11) is -3.80. The lowest BCUT2D eigenvalue weighted by Gasteiger charge is -2.21. The molecule has 0 aliphatic rings. The normalized spacial score (nSPS) is 12.2. The Balaban J connectivity index is 1.46. The lowest BCUT2D eigenvalue weighted by Crippen LogP contribution is -2.50. The number of nitrogens with one attached hydrogen (secondary N) is 2. The van der Waals surface area contributed by atoms with E-state index in [2.05, 4.69) is 10.6 Å². The maximum Gasteiger partial charge on any atom is 0.408 e. The number of amides is 2. The summed E-state index contributed by atoms with van der Waals surface area (Å²) >= 11 is 0. The van der Waals surface area contributed by atoms with Gasteiger partial charge in [0.2, 0.25) is 5.91 Å². The number of hydrogen-bond donors (Lipinski definition) is 2. The topological polar surface area (TPSA) is 138 Å². The van der Waals surface area contributed by atoms with Gasteiger partial charge in [-0.2, -0.15) is 8.42 Å². The fourth-order valence-corrected chi connectivity index (χ4v) is 4.19. The number of ether oxygens (including phenoxy) is 4. The second-order valence-electron chi connectivity index (χ2n) is 9.15. The Hall–Kier alpha value is -3.03. The highest BCUT2D eigenvalue weighted by molar-refractivity contribution is 7.86. The molecule has 2 amide bonds. The van der Waals surface area contributed by atoms with Crippen LogP contribution in [0.3, 0.4) is 0 Å². The van der Waals surface area contributed by atoms with E-state index >= 15 is 0 Å². The highest BCUT2D eigenvalue weighted by Gasteiger charge is 2.24. The fourth-order valence-electron chi connectivity index (χ4n) is 3.30. The van der Waals surface area contributed by atoms with Gasteiger partial charge in [0.1, 0.15) is 12.6 Å². The number of alkyl carbamates (subject to hydrolysis) is 1. The van der Waals surface area contributed by atoms with Crippen LogP contribution in [-0.2, 0) is 44.7 Å². The van der Waals surface area contributed by atoms with Gasteiger partial charge < -0.3 is 29.6 Å². The third-order valence-corrected chi connectivity index (χ3v) is 6.83. The van der Waals surface area contributed by atoms with E-state index in [1.165, 1.54) is 12.1 Å². The van der Waals surface area contributed by atoms with Crippen LogP contribution in [0.5, 0.6) is 0 Å². The molecule has 0 aliphatic heterocycles.